The normalized spacial score (nSPS) is 10.1. The van der Waals surface area contributed by atoms with E-state index in [0.717, 1.165) is 6.42 Å². The number of nitrogens with zero attached hydrogens (tertiary/aromatic N) is 1. The Morgan fingerprint density at radius 1 is 1.35 bits per heavy atom. The van der Waals surface area contributed by atoms with Crippen molar-refractivity contribution in [2.24, 2.45) is 0 Å². The van der Waals surface area contributed by atoms with Gasteiger partial charge in [0.15, 0.2) is 5.15 Å². The first-order valence-corrected chi connectivity index (χ1v) is 6.73. The third-order valence-electron chi connectivity index (χ3n) is 2.58. The molecule has 2 rings (SSSR count). The second-order valence-corrected chi connectivity index (χ2v) is 4.53. The van der Waals surface area contributed by atoms with Gasteiger partial charge in [-0.15, -0.1) is 0 Å². The van der Waals surface area contributed by atoms with E-state index in [9.17, 15) is 4.79 Å². The highest BCUT2D eigenvalue weighted by atomic mass is 35.5. The SMILES string of the molecule is CCCOc1cccc(C(=O)Nc2cccnc2Cl)c1. The summed E-state index contributed by atoms with van der Waals surface area (Å²) < 4.78 is 5.50. The minimum Gasteiger partial charge on any atom is -0.494 e. The fraction of sp³-hybridized carbons (Fsp3) is 0.200. The summed E-state index contributed by atoms with van der Waals surface area (Å²) in [6.07, 6.45) is 2.49. The summed E-state index contributed by atoms with van der Waals surface area (Å²) in [5, 5.41) is 2.98. The molecule has 0 aliphatic heterocycles. The second-order valence-electron chi connectivity index (χ2n) is 4.17. The molecule has 104 valence electrons. The molecule has 0 aliphatic carbocycles. The van der Waals surface area contributed by atoms with E-state index >= 15 is 0 Å². The minimum absolute atomic E-state index is 0.248. The molecule has 20 heavy (non-hydrogen) atoms. The molecule has 0 radical (unpaired) electrons. The van der Waals surface area contributed by atoms with Crippen LogP contribution in [0.4, 0.5) is 5.69 Å². The number of rotatable bonds is 5. The van der Waals surface area contributed by atoms with Gasteiger partial charge in [-0.25, -0.2) is 4.98 Å². The highest BCUT2D eigenvalue weighted by Gasteiger charge is 2.09. The smallest absolute Gasteiger partial charge is 0.255 e. The highest BCUT2D eigenvalue weighted by molar-refractivity contribution is 6.32. The molecule has 1 amide bonds. The molecule has 1 heterocycles. The van der Waals surface area contributed by atoms with E-state index in [1.807, 2.05) is 13.0 Å². The van der Waals surface area contributed by atoms with E-state index < -0.39 is 0 Å². The molecule has 0 aliphatic rings. The third-order valence-corrected chi connectivity index (χ3v) is 2.88. The van der Waals surface area contributed by atoms with Gasteiger partial charge in [0, 0.05) is 11.8 Å². The van der Waals surface area contributed by atoms with Crippen LogP contribution in [0.2, 0.25) is 5.15 Å². The number of aromatic nitrogens is 1. The number of nitrogens with one attached hydrogen (secondary N) is 1. The summed E-state index contributed by atoms with van der Waals surface area (Å²) in [6, 6.07) is 10.4. The molecule has 2 aromatic rings. The first kappa shape index (κ1) is 14.3. The Bertz CT molecular complexity index is 602. The highest BCUT2D eigenvalue weighted by Crippen LogP contribution is 2.20. The van der Waals surface area contributed by atoms with Gasteiger partial charge in [-0.1, -0.05) is 24.6 Å². The molecule has 0 saturated heterocycles. The van der Waals surface area contributed by atoms with Crippen LogP contribution < -0.4 is 10.1 Å². The summed E-state index contributed by atoms with van der Waals surface area (Å²) in [4.78, 5) is 16.0. The van der Waals surface area contributed by atoms with Gasteiger partial charge in [-0.2, -0.15) is 0 Å². The summed E-state index contributed by atoms with van der Waals surface area (Å²) in [6.45, 7) is 2.65. The van der Waals surface area contributed by atoms with Gasteiger partial charge in [0.25, 0.3) is 5.91 Å². The van der Waals surface area contributed by atoms with Crippen molar-refractivity contribution in [2.75, 3.05) is 11.9 Å². The van der Waals surface area contributed by atoms with Crippen LogP contribution in [0.15, 0.2) is 42.6 Å². The topological polar surface area (TPSA) is 51.2 Å². The number of carbonyl (C=O) groups excluding carboxylic acids is 1. The first-order chi connectivity index (χ1) is 9.70. The number of hydrogen-bond donors (Lipinski definition) is 1. The lowest BCUT2D eigenvalue weighted by Gasteiger charge is -2.08. The fourth-order valence-electron chi connectivity index (χ4n) is 1.62. The largest absolute Gasteiger partial charge is 0.494 e. The molecule has 0 atom stereocenters. The molecule has 5 heteroatoms. The summed E-state index contributed by atoms with van der Waals surface area (Å²) in [5.74, 6) is 0.429. The number of ether oxygens (including phenoxy) is 1. The standard InChI is InChI=1S/C15H15ClN2O2/c1-2-9-20-12-6-3-5-11(10-12)15(19)18-13-7-4-8-17-14(13)16/h3-8,10H,2,9H2,1H3,(H,18,19). The molecule has 0 unspecified atom stereocenters. The molecular formula is C15H15ClN2O2. The van der Waals surface area contributed by atoms with Crippen LogP contribution in [0.1, 0.15) is 23.7 Å². The zero-order chi connectivity index (χ0) is 14.4. The van der Waals surface area contributed by atoms with E-state index in [1.165, 1.54) is 0 Å². The Morgan fingerprint density at radius 3 is 2.95 bits per heavy atom. The lowest BCUT2D eigenvalue weighted by Crippen LogP contribution is -2.12. The van der Waals surface area contributed by atoms with Crippen LogP contribution >= 0.6 is 11.6 Å². The van der Waals surface area contributed by atoms with E-state index in [1.54, 1.807) is 36.5 Å². The van der Waals surface area contributed by atoms with Gasteiger partial charge in [0.05, 0.1) is 12.3 Å². The van der Waals surface area contributed by atoms with E-state index in [-0.39, 0.29) is 11.1 Å². The van der Waals surface area contributed by atoms with Gasteiger partial charge in [-0.3, -0.25) is 4.79 Å². The van der Waals surface area contributed by atoms with Gasteiger partial charge >= 0.3 is 0 Å². The molecule has 0 spiro atoms. The number of benzene rings is 1. The van der Waals surface area contributed by atoms with Crippen LogP contribution in [-0.4, -0.2) is 17.5 Å². The van der Waals surface area contributed by atoms with Crippen molar-refractivity contribution in [1.82, 2.24) is 4.98 Å². The maximum atomic E-state index is 12.1. The zero-order valence-corrected chi connectivity index (χ0v) is 11.9. The quantitative estimate of drug-likeness (QED) is 0.853. The number of pyridine rings is 1. The van der Waals surface area contributed by atoms with Crippen LogP contribution in [0.3, 0.4) is 0 Å². The van der Waals surface area contributed by atoms with Crippen molar-refractivity contribution in [1.29, 1.82) is 0 Å². The van der Waals surface area contributed by atoms with Gasteiger partial charge < -0.3 is 10.1 Å². The van der Waals surface area contributed by atoms with Crippen molar-refractivity contribution in [3.8, 4) is 5.75 Å². The average Bonchev–Trinajstić information content (AvgIpc) is 2.48. The molecule has 0 saturated carbocycles. The average molecular weight is 291 g/mol. The number of anilines is 1. The number of halogens is 1. The lowest BCUT2D eigenvalue weighted by molar-refractivity contribution is 0.102. The molecule has 1 aromatic heterocycles. The van der Waals surface area contributed by atoms with E-state index in [4.69, 9.17) is 16.3 Å². The lowest BCUT2D eigenvalue weighted by atomic mass is 10.2. The van der Waals surface area contributed by atoms with E-state index in [2.05, 4.69) is 10.3 Å². The monoisotopic (exact) mass is 290 g/mol. The zero-order valence-electron chi connectivity index (χ0n) is 11.1. The Morgan fingerprint density at radius 2 is 2.20 bits per heavy atom. The predicted octanol–water partition coefficient (Wildman–Crippen LogP) is 3.78. The van der Waals surface area contributed by atoms with Crippen molar-refractivity contribution < 1.29 is 9.53 Å². The van der Waals surface area contributed by atoms with Crippen molar-refractivity contribution in [2.45, 2.75) is 13.3 Å². The van der Waals surface area contributed by atoms with Crippen LogP contribution in [0.25, 0.3) is 0 Å². The maximum Gasteiger partial charge on any atom is 0.255 e. The number of amides is 1. The number of hydrogen-bond acceptors (Lipinski definition) is 3. The van der Waals surface area contributed by atoms with Crippen LogP contribution in [0.5, 0.6) is 5.75 Å². The van der Waals surface area contributed by atoms with Crippen molar-refractivity contribution >= 4 is 23.2 Å². The Hall–Kier alpha value is -2.07. The summed E-state index contributed by atoms with van der Waals surface area (Å²) in [5.41, 5.74) is 0.998. The predicted molar refractivity (Wildman–Crippen MR) is 79.4 cm³/mol. The molecule has 0 bridgehead atoms. The molecular weight excluding hydrogens is 276 g/mol. The maximum absolute atomic E-state index is 12.1. The fourth-order valence-corrected chi connectivity index (χ4v) is 1.79. The molecule has 4 nitrogen and oxygen atoms in total. The first-order valence-electron chi connectivity index (χ1n) is 6.35. The molecule has 1 N–H and O–H groups in total. The van der Waals surface area contributed by atoms with Crippen LogP contribution in [0, 0.1) is 0 Å². The van der Waals surface area contributed by atoms with Gasteiger partial charge in [0.1, 0.15) is 5.75 Å². The second kappa shape index (κ2) is 6.91. The summed E-state index contributed by atoms with van der Waals surface area (Å²) in [7, 11) is 0. The van der Waals surface area contributed by atoms with Crippen molar-refractivity contribution in [3.63, 3.8) is 0 Å². The van der Waals surface area contributed by atoms with Crippen molar-refractivity contribution in [3.05, 3.63) is 53.3 Å². The van der Waals surface area contributed by atoms with E-state index in [0.29, 0.717) is 23.6 Å². The number of carbonyl (C=O) groups is 1. The Balaban J connectivity index is 2.11. The van der Waals surface area contributed by atoms with Crippen LogP contribution in [-0.2, 0) is 0 Å². The molecule has 1 aromatic carbocycles. The summed E-state index contributed by atoms with van der Waals surface area (Å²) >= 11 is 5.91. The minimum atomic E-state index is -0.248. The van der Waals surface area contributed by atoms with Gasteiger partial charge in [0.2, 0.25) is 0 Å². The Kier molecular flexibility index (Phi) is 4.96. The van der Waals surface area contributed by atoms with Gasteiger partial charge in [-0.05, 0) is 36.8 Å². The molecule has 0 fully saturated rings. The Labute approximate surface area is 122 Å². The third kappa shape index (κ3) is 3.71.